The van der Waals surface area contributed by atoms with Gasteiger partial charge in [-0.3, -0.25) is 4.90 Å². The third-order valence-corrected chi connectivity index (χ3v) is 5.98. The number of methoxy groups -OCH3 is 1. The Bertz CT molecular complexity index is 1040. The summed E-state index contributed by atoms with van der Waals surface area (Å²) in [7, 11) is 1.65. The SMILES string of the molecule is COc1ccc(CN2CCOC[C@](O)(COc3ccc(C)cc3)C2)cc1OCCCn1ccnc1. The van der Waals surface area contributed by atoms with Crippen molar-refractivity contribution >= 4 is 0 Å². The van der Waals surface area contributed by atoms with Gasteiger partial charge in [-0.25, -0.2) is 4.98 Å². The molecule has 1 atom stereocenters. The summed E-state index contributed by atoms with van der Waals surface area (Å²) >= 11 is 0. The van der Waals surface area contributed by atoms with Crippen molar-refractivity contribution in [3.8, 4) is 17.2 Å². The van der Waals surface area contributed by atoms with Gasteiger partial charge in [0, 0.05) is 38.6 Å². The lowest BCUT2D eigenvalue weighted by atomic mass is 10.1. The summed E-state index contributed by atoms with van der Waals surface area (Å²) in [5.74, 6) is 2.17. The Balaban J connectivity index is 1.34. The average molecular weight is 482 g/mol. The zero-order valence-corrected chi connectivity index (χ0v) is 20.6. The van der Waals surface area contributed by atoms with Crippen LogP contribution in [0.5, 0.6) is 17.2 Å². The highest BCUT2D eigenvalue weighted by Crippen LogP contribution is 2.29. The first-order valence-corrected chi connectivity index (χ1v) is 12.0. The van der Waals surface area contributed by atoms with Crippen LogP contribution in [0, 0.1) is 6.92 Å². The lowest BCUT2D eigenvalue weighted by molar-refractivity contribution is -0.0646. The number of aliphatic hydroxyl groups is 1. The normalized spacial score (nSPS) is 18.7. The van der Waals surface area contributed by atoms with Crippen molar-refractivity contribution in [2.45, 2.75) is 32.0 Å². The van der Waals surface area contributed by atoms with Crippen molar-refractivity contribution in [1.82, 2.24) is 14.5 Å². The average Bonchev–Trinajstić information content (AvgIpc) is 3.31. The Morgan fingerprint density at radius 1 is 1.11 bits per heavy atom. The van der Waals surface area contributed by atoms with Crippen molar-refractivity contribution in [3.63, 3.8) is 0 Å². The van der Waals surface area contributed by atoms with Gasteiger partial charge in [-0.1, -0.05) is 23.8 Å². The molecule has 1 N–H and O–H groups in total. The number of nitrogens with zero attached hydrogens (tertiary/aromatic N) is 3. The standard InChI is InChI=1S/C27H35N3O5/c1-22-4-7-24(8-5-22)35-20-27(31)18-30(13-15-33-19-27)17-23-6-9-25(32-2)26(16-23)34-14-3-11-29-12-10-28-21-29/h4-10,12,16,21,31H,3,11,13-15,17-20H2,1-2H3/t27-/m0/s1. The smallest absolute Gasteiger partial charge is 0.161 e. The highest BCUT2D eigenvalue weighted by Gasteiger charge is 2.33. The fourth-order valence-corrected chi connectivity index (χ4v) is 4.11. The molecule has 2 aromatic carbocycles. The van der Waals surface area contributed by atoms with Crippen LogP contribution in [0.4, 0.5) is 0 Å². The van der Waals surface area contributed by atoms with Crippen molar-refractivity contribution in [3.05, 3.63) is 72.3 Å². The molecule has 1 aliphatic rings. The van der Waals surface area contributed by atoms with E-state index in [0.29, 0.717) is 32.1 Å². The van der Waals surface area contributed by atoms with Crippen molar-refractivity contribution < 1.29 is 24.1 Å². The lowest BCUT2D eigenvalue weighted by Crippen LogP contribution is -2.48. The van der Waals surface area contributed by atoms with Gasteiger partial charge in [-0.15, -0.1) is 0 Å². The molecule has 0 bridgehead atoms. The van der Waals surface area contributed by atoms with Gasteiger partial charge >= 0.3 is 0 Å². The summed E-state index contributed by atoms with van der Waals surface area (Å²) in [4.78, 5) is 6.25. The van der Waals surface area contributed by atoms with Crippen LogP contribution in [0.15, 0.2) is 61.2 Å². The molecule has 0 saturated carbocycles. The van der Waals surface area contributed by atoms with Gasteiger partial charge in [0.15, 0.2) is 11.5 Å². The van der Waals surface area contributed by atoms with Gasteiger partial charge in [-0.2, -0.15) is 0 Å². The van der Waals surface area contributed by atoms with Crippen LogP contribution in [0.3, 0.4) is 0 Å². The van der Waals surface area contributed by atoms with Crippen molar-refractivity contribution in [2.75, 3.05) is 46.6 Å². The number of aromatic nitrogens is 2. The molecule has 4 rings (SSSR count). The molecule has 1 saturated heterocycles. The predicted octanol–water partition coefficient (Wildman–Crippen LogP) is 3.31. The second-order valence-corrected chi connectivity index (χ2v) is 9.08. The molecule has 1 aromatic heterocycles. The molecule has 0 unspecified atom stereocenters. The minimum absolute atomic E-state index is 0.167. The summed E-state index contributed by atoms with van der Waals surface area (Å²) in [6.07, 6.45) is 6.39. The monoisotopic (exact) mass is 481 g/mol. The molecule has 8 nitrogen and oxygen atoms in total. The summed E-state index contributed by atoms with van der Waals surface area (Å²) in [6, 6.07) is 13.8. The fraction of sp³-hybridized carbons (Fsp3) is 0.444. The second kappa shape index (κ2) is 12.1. The molecule has 35 heavy (non-hydrogen) atoms. The molecule has 2 heterocycles. The second-order valence-electron chi connectivity index (χ2n) is 9.08. The highest BCUT2D eigenvalue weighted by atomic mass is 16.5. The molecule has 3 aromatic rings. The summed E-state index contributed by atoms with van der Waals surface area (Å²) in [5.41, 5.74) is 1.15. The molecule has 0 radical (unpaired) electrons. The third kappa shape index (κ3) is 7.45. The minimum atomic E-state index is -1.10. The first-order chi connectivity index (χ1) is 17.0. The maximum absolute atomic E-state index is 11.2. The quantitative estimate of drug-likeness (QED) is 0.421. The Labute approximate surface area is 207 Å². The number of rotatable bonds is 11. The van der Waals surface area contributed by atoms with Crippen molar-refractivity contribution in [1.29, 1.82) is 0 Å². The van der Waals surface area contributed by atoms with Gasteiger partial charge in [0.1, 0.15) is 18.0 Å². The van der Waals surface area contributed by atoms with E-state index >= 15 is 0 Å². The Hall–Kier alpha value is -3.07. The molecule has 188 valence electrons. The molecule has 0 aliphatic carbocycles. The van der Waals surface area contributed by atoms with Crippen LogP contribution in [0.1, 0.15) is 17.5 Å². The van der Waals surface area contributed by atoms with Crippen LogP contribution >= 0.6 is 0 Å². The topological polar surface area (TPSA) is 78.2 Å². The number of benzene rings is 2. The Morgan fingerprint density at radius 3 is 2.74 bits per heavy atom. The Morgan fingerprint density at radius 2 is 1.97 bits per heavy atom. The van der Waals surface area contributed by atoms with Gasteiger partial charge in [-0.05, 0) is 43.2 Å². The van der Waals surface area contributed by atoms with Gasteiger partial charge < -0.3 is 28.6 Å². The van der Waals surface area contributed by atoms with Crippen LogP contribution in [0.25, 0.3) is 0 Å². The fourth-order valence-electron chi connectivity index (χ4n) is 4.11. The van der Waals surface area contributed by atoms with Gasteiger partial charge in [0.2, 0.25) is 0 Å². The molecule has 0 spiro atoms. The maximum atomic E-state index is 11.2. The van der Waals surface area contributed by atoms with Crippen LogP contribution in [-0.2, 0) is 17.8 Å². The van der Waals surface area contributed by atoms with E-state index in [1.54, 1.807) is 19.6 Å². The molecule has 0 amide bonds. The van der Waals surface area contributed by atoms with Crippen molar-refractivity contribution in [2.24, 2.45) is 0 Å². The zero-order chi connectivity index (χ0) is 24.5. The van der Waals surface area contributed by atoms with Crippen LogP contribution < -0.4 is 14.2 Å². The van der Waals surface area contributed by atoms with Crippen LogP contribution in [-0.4, -0.2) is 71.8 Å². The largest absolute Gasteiger partial charge is 0.493 e. The number of imidazole rings is 1. The van der Waals surface area contributed by atoms with E-state index in [0.717, 1.165) is 36.6 Å². The third-order valence-electron chi connectivity index (χ3n) is 5.98. The van der Waals surface area contributed by atoms with Crippen LogP contribution in [0.2, 0.25) is 0 Å². The molecule has 8 heteroatoms. The maximum Gasteiger partial charge on any atom is 0.161 e. The lowest BCUT2D eigenvalue weighted by Gasteiger charge is -2.30. The number of β-amino-alcohol motifs (C(OH)–C–C–N with tert-alkyl or cyclic N) is 1. The minimum Gasteiger partial charge on any atom is -0.493 e. The summed E-state index contributed by atoms with van der Waals surface area (Å²) in [5, 5.41) is 11.2. The van der Waals surface area contributed by atoms with E-state index in [1.807, 2.05) is 60.2 Å². The predicted molar refractivity (Wildman–Crippen MR) is 133 cm³/mol. The molecule has 1 fully saturated rings. The molecular formula is C27H35N3O5. The van der Waals surface area contributed by atoms with E-state index < -0.39 is 5.60 Å². The summed E-state index contributed by atoms with van der Waals surface area (Å²) in [6.45, 7) is 6.25. The number of hydrogen-bond acceptors (Lipinski definition) is 7. The first-order valence-electron chi connectivity index (χ1n) is 12.0. The van der Waals surface area contributed by atoms with E-state index in [1.165, 1.54) is 5.56 Å². The van der Waals surface area contributed by atoms with E-state index in [2.05, 4.69) is 9.88 Å². The molecule has 1 aliphatic heterocycles. The summed E-state index contributed by atoms with van der Waals surface area (Å²) < 4.78 is 25.2. The number of ether oxygens (including phenoxy) is 4. The number of aryl methyl sites for hydroxylation is 2. The first kappa shape index (κ1) is 25.0. The molecular weight excluding hydrogens is 446 g/mol. The van der Waals surface area contributed by atoms with E-state index in [4.69, 9.17) is 18.9 Å². The zero-order valence-electron chi connectivity index (χ0n) is 20.6. The number of hydrogen-bond donors (Lipinski definition) is 1. The van der Waals surface area contributed by atoms with Gasteiger partial charge in [0.25, 0.3) is 0 Å². The highest BCUT2D eigenvalue weighted by molar-refractivity contribution is 5.43. The Kier molecular flexibility index (Phi) is 8.63. The van der Waals surface area contributed by atoms with E-state index in [9.17, 15) is 5.11 Å². The van der Waals surface area contributed by atoms with Gasteiger partial charge in [0.05, 0.1) is 33.3 Å². The van der Waals surface area contributed by atoms with E-state index in [-0.39, 0.29) is 13.2 Å².